The zero-order valence-corrected chi connectivity index (χ0v) is 9.16. The first-order valence-electron chi connectivity index (χ1n) is 4.63. The summed E-state index contributed by atoms with van der Waals surface area (Å²) in [6.45, 7) is 1.24. The van der Waals surface area contributed by atoms with Crippen LogP contribution in [0.3, 0.4) is 0 Å². The number of fused-ring (bicyclic) bond motifs is 1. The number of hydrogen-bond acceptors (Lipinski definition) is 3. The number of nitrogens with zero attached hydrogens (tertiary/aromatic N) is 2. The molecule has 2 aromatic rings. The molecule has 2 rings (SSSR count). The standard InChI is InChI=1S/C10H12ClN3O/c1-15-6-5-14-9-7(11)3-2-4-8(9)13-10(14)12/h2-4H,5-6H2,1H3,(H2,12,13). The zero-order chi connectivity index (χ0) is 10.8. The number of rotatable bonds is 3. The van der Waals surface area contributed by atoms with E-state index in [9.17, 15) is 0 Å². The Morgan fingerprint density at radius 1 is 1.53 bits per heavy atom. The van der Waals surface area contributed by atoms with Crippen LogP contribution in [0.5, 0.6) is 0 Å². The number of anilines is 1. The molecule has 2 N–H and O–H groups in total. The first-order chi connectivity index (χ1) is 7.24. The molecule has 0 aliphatic carbocycles. The molecule has 1 heterocycles. The fourth-order valence-corrected chi connectivity index (χ4v) is 1.84. The van der Waals surface area contributed by atoms with Crippen molar-refractivity contribution in [3.63, 3.8) is 0 Å². The molecule has 0 bridgehead atoms. The summed E-state index contributed by atoms with van der Waals surface area (Å²) in [5.74, 6) is 0.468. The van der Waals surface area contributed by atoms with Crippen LogP contribution in [0.4, 0.5) is 5.95 Å². The lowest BCUT2D eigenvalue weighted by Crippen LogP contribution is -2.07. The Kier molecular flexibility index (Phi) is 2.79. The minimum atomic E-state index is 0.468. The van der Waals surface area contributed by atoms with Crippen LogP contribution in [0.1, 0.15) is 0 Å². The Balaban J connectivity index is 2.55. The van der Waals surface area contributed by atoms with Gasteiger partial charge in [-0.3, -0.25) is 0 Å². The van der Waals surface area contributed by atoms with Gasteiger partial charge < -0.3 is 15.0 Å². The van der Waals surface area contributed by atoms with Gasteiger partial charge in [0.25, 0.3) is 0 Å². The van der Waals surface area contributed by atoms with E-state index >= 15 is 0 Å². The summed E-state index contributed by atoms with van der Waals surface area (Å²) in [4.78, 5) is 4.23. The van der Waals surface area contributed by atoms with Gasteiger partial charge in [-0.25, -0.2) is 4.98 Å². The fourth-order valence-electron chi connectivity index (χ4n) is 1.57. The molecule has 4 nitrogen and oxygen atoms in total. The number of nitrogen functional groups attached to an aromatic ring is 1. The second-order valence-corrected chi connectivity index (χ2v) is 3.63. The highest BCUT2D eigenvalue weighted by Gasteiger charge is 2.10. The summed E-state index contributed by atoms with van der Waals surface area (Å²) >= 11 is 6.10. The molecule has 0 saturated heterocycles. The third kappa shape index (κ3) is 1.78. The average molecular weight is 226 g/mol. The van der Waals surface area contributed by atoms with Crippen molar-refractivity contribution in [2.45, 2.75) is 6.54 Å². The number of aromatic nitrogens is 2. The van der Waals surface area contributed by atoms with Gasteiger partial charge in [0, 0.05) is 13.7 Å². The van der Waals surface area contributed by atoms with Crippen molar-refractivity contribution in [1.29, 1.82) is 0 Å². The van der Waals surface area contributed by atoms with Crippen LogP contribution >= 0.6 is 11.6 Å². The molecule has 0 unspecified atom stereocenters. The summed E-state index contributed by atoms with van der Waals surface area (Å²) in [6.07, 6.45) is 0. The molecule has 0 aliphatic heterocycles. The minimum Gasteiger partial charge on any atom is -0.383 e. The topological polar surface area (TPSA) is 53.1 Å². The van der Waals surface area contributed by atoms with E-state index in [-0.39, 0.29) is 0 Å². The van der Waals surface area contributed by atoms with Gasteiger partial charge in [-0.15, -0.1) is 0 Å². The number of methoxy groups -OCH3 is 1. The highest BCUT2D eigenvalue weighted by atomic mass is 35.5. The van der Waals surface area contributed by atoms with Crippen LogP contribution in [0, 0.1) is 0 Å². The predicted molar refractivity (Wildman–Crippen MR) is 61.0 cm³/mol. The average Bonchev–Trinajstić information content (AvgIpc) is 2.53. The van der Waals surface area contributed by atoms with E-state index in [0.717, 1.165) is 11.0 Å². The highest BCUT2D eigenvalue weighted by molar-refractivity contribution is 6.35. The molecule has 0 aliphatic rings. The van der Waals surface area contributed by atoms with Gasteiger partial charge in [-0.2, -0.15) is 0 Å². The maximum absolute atomic E-state index is 6.10. The number of ether oxygens (including phenoxy) is 1. The monoisotopic (exact) mass is 225 g/mol. The second-order valence-electron chi connectivity index (χ2n) is 3.22. The second kappa shape index (κ2) is 4.08. The van der Waals surface area contributed by atoms with Crippen LogP contribution in [0.2, 0.25) is 5.02 Å². The molecule has 0 atom stereocenters. The third-order valence-corrected chi connectivity index (χ3v) is 2.57. The van der Waals surface area contributed by atoms with Crippen molar-refractivity contribution in [3.05, 3.63) is 23.2 Å². The SMILES string of the molecule is COCCn1c(N)nc2cccc(Cl)c21. The number of hydrogen-bond donors (Lipinski definition) is 1. The third-order valence-electron chi connectivity index (χ3n) is 2.27. The first-order valence-corrected chi connectivity index (χ1v) is 5.01. The molecular weight excluding hydrogens is 214 g/mol. The van der Waals surface area contributed by atoms with Crippen LogP contribution < -0.4 is 5.73 Å². The molecule has 80 valence electrons. The van der Waals surface area contributed by atoms with Gasteiger partial charge in [0.2, 0.25) is 5.95 Å². The van der Waals surface area contributed by atoms with Gasteiger partial charge in [0.05, 0.1) is 22.7 Å². The van der Waals surface area contributed by atoms with E-state index in [4.69, 9.17) is 22.1 Å². The predicted octanol–water partition coefficient (Wildman–Crippen LogP) is 1.92. The van der Waals surface area contributed by atoms with E-state index in [1.165, 1.54) is 0 Å². The van der Waals surface area contributed by atoms with Gasteiger partial charge >= 0.3 is 0 Å². The maximum atomic E-state index is 6.10. The van der Waals surface area contributed by atoms with E-state index in [1.54, 1.807) is 7.11 Å². The maximum Gasteiger partial charge on any atom is 0.201 e. The Hall–Kier alpha value is -1.26. The molecule has 5 heteroatoms. The van der Waals surface area contributed by atoms with Crippen molar-refractivity contribution >= 4 is 28.6 Å². The number of halogens is 1. The Labute approximate surface area is 92.6 Å². The van der Waals surface area contributed by atoms with E-state index in [0.29, 0.717) is 24.1 Å². The number of para-hydroxylation sites is 1. The lowest BCUT2D eigenvalue weighted by Gasteiger charge is -2.05. The van der Waals surface area contributed by atoms with Crippen molar-refractivity contribution in [1.82, 2.24) is 9.55 Å². The molecule has 0 amide bonds. The Bertz CT molecular complexity index is 481. The summed E-state index contributed by atoms with van der Waals surface area (Å²) in [5.41, 5.74) is 7.49. The molecule has 1 aromatic heterocycles. The minimum absolute atomic E-state index is 0.468. The largest absolute Gasteiger partial charge is 0.383 e. The lowest BCUT2D eigenvalue weighted by molar-refractivity contribution is 0.189. The van der Waals surface area contributed by atoms with Crippen LogP contribution in [0.25, 0.3) is 11.0 Å². The Morgan fingerprint density at radius 3 is 3.07 bits per heavy atom. The van der Waals surface area contributed by atoms with Crippen LogP contribution in [0.15, 0.2) is 18.2 Å². The molecular formula is C10H12ClN3O. The number of imidazole rings is 1. The number of nitrogens with two attached hydrogens (primary N) is 1. The molecule has 0 radical (unpaired) electrons. The fraction of sp³-hybridized carbons (Fsp3) is 0.300. The van der Waals surface area contributed by atoms with E-state index in [2.05, 4.69) is 4.98 Å². The lowest BCUT2D eigenvalue weighted by atomic mass is 10.3. The first kappa shape index (κ1) is 10.3. The summed E-state index contributed by atoms with van der Waals surface area (Å²) in [6, 6.07) is 5.58. The molecule has 1 aromatic carbocycles. The molecule has 15 heavy (non-hydrogen) atoms. The van der Waals surface area contributed by atoms with Crippen molar-refractivity contribution in [2.75, 3.05) is 19.5 Å². The van der Waals surface area contributed by atoms with Crippen LogP contribution in [-0.4, -0.2) is 23.3 Å². The van der Waals surface area contributed by atoms with E-state index in [1.807, 2.05) is 22.8 Å². The summed E-state index contributed by atoms with van der Waals surface area (Å²) in [7, 11) is 1.65. The van der Waals surface area contributed by atoms with Crippen LogP contribution in [-0.2, 0) is 11.3 Å². The summed E-state index contributed by atoms with van der Waals surface area (Å²) in [5, 5.41) is 0.660. The van der Waals surface area contributed by atoms with Crippen molar-refractivity contribution in [2.24, 2.45) is 0 Å². The molecule has 0 saturated carbocycles. The smallest absolute Gasteiger partial charge is 0.201 e. The van der Waals surface area contributed by atoms with Crippen molar-refractivity contribution in [3.8, 4) is 0 Å². The van der Waals surface area contributed by atoms with Gasteiger partial charge in [-0.1, -0.05) is 17.7 Å². The number of benzene rings is 1. The zero-order valence-electron chi connectivity index (χ0n) is 8.40. The van der Waals surface area contributed by atoms with Gasteiger partial charge in [-0.05, 0) is 12.1 Å². The molecule has 0 spiro atoms. The van der Waals surface area contributed by atoms with Gasteiger partial charge in [0.1, 0.15) is 0 Å². The van der Waals surface area contributed by atoms with E-state index < -0.39 is 0 Å². The normalized spacial score (nSPS) is 11.1. The summed E-state index contributed by atoms with van der Waals surface area (Å²) < 4.78 is 6.87. The van der Waals surface area contributed by atoms with Crippen molar-refractivity contribution < 1.29 is 4.74 Å². The highest BCUT2D eigenvalue weighted by Crippen LogP contribution is 2.25. The molecule has 0 fully saturated rings. The van der Waals surface area contributed by atoms with Gasteiger partial charge in [0.15, 0.2) is 0 Å². The Morgan fingerprint density at radius 2 is 2.33 bits per heavy atom. The quantitative estimate of drug-likeness (QED) is 0.868.